The van der Waals surface area contributed by atoms with Crippen LogP contribution in [-0.2, 0) is 0 Å². The molecule has 2 heteroatoms. The molecule has 0 unspecified atom stereocenters. The van der Waals surface area contributed by atoms with Crippen molar-refractivity contribution in [3.63, 3.8) is 0 Å². The van der Waals surface area contributed by atoms with Crippen LogP contribution in [-0.4, -0.2) is 6.61 Å². The minimum Gasteiger partial charge on any atom is -0.493 e. The van der Waals surface area contributed by atoms with Gasteiger partial charge in [-0.05, 0) is 18.6 Å². The van der Waals surface area contributed by atoms with Crippen LogP contribution in [0.5, 0.6) is 5.75 Å². The molecule has 0 heterocycles. The zero-order valence-electron chi connectivity index (χ0n) is 16.8. The minimum atomic E-state index is 0.687. The Kier molecular flexibility index (Phi) is 10.1. The largest absolute Gasteiger partial charge is 0.493 e. The third-order valence-electron chi connectivity index (χ3n) is 4.98. The van der Waals surface area contributed by atoms with Gasteiger partial charge in [0.2, 0.25) is 0 Å². The van der Waals surface area contributed by atoms with Crippen LogP contribution in [0.2, 0.25) is 0 Å². The molecule has 2 aromatic carbocycles. The molecular weight excluding hydrogens is 330 g/mol. The van der Waals surface area contributed by atoms with Gasteiger partial charge >= 0.3 is 0 Å². The molecule has 0 aromatic heterocycles. The number of hydrogen-bond acceptors (Lipinski definition) is 2. The van der Waals surface area contributed by atoms with Crippen molar-refractivity contribution in [2.24, 2.45) is 0 Å². The Morgan fingerprint density at radius 1 is 0.704 bits per heavy atom. The monoisotopic (exact) mass is 363 g/mol. The number of benzene rings is 2. The van der Waals surface area contributed by atoms with Gasteiger partial charge in [-0.2, -0.15) is 5.26 Å². The van der Waals surface area contributed by atoms with Gasteiger partial charge in [0, 0.05) is 11.1 Å². The zero-order valence-corrected chi connectivity index (χ0v) is 16.8. The topological polar surface area (TPSA) is 33.0 Å². The molecule has 0 saturated carbocycles. The quantitative estimate of drug-likeness (QED) is 0.345. The fraction of sp³-hybridized carbons (Fsp3) is 0.480. The van der Waals surface area contributed by atoms with Crippen molar-refractivity contribution in [1.29, 1.82) is 5.26 Å². The predicted molar refractivity (Wildman–Crippen MR) is 114 cm³/mol. The summed E-state index contributed by atoms with van der Waals surface area (Å²) in [5.74, 6) is 0.871. The maximum Gasteiger partial charge on any atom is 0.127 e. The molecule has 0 atom stereocenters. The molecule has 144 valence electrons. The second-order valence-electron chi connectivity index (χ2n) is 7.18. The fourth-order valence-electron chi connectivity index (χ4n) is 3.40. The second-order valence-corrected chi connectivity index (χ2v) is 7.18. The molecule has 0 amide bonds. The number of ether oxygens (including phenoxy) is 1. The summed E-state index contributed by atoms with van der Waals surface area (Å²) in [5.41, 5.74) is 2.63. The summed E-state index contributed by atoms with van der Waals surface area (Å²) in [6, 6.07) is 18.0. The first-order valence-corrected chi connectivity index (χ1v) is 10.6. The Morgan fingerprint density at radius 2 is 1.26 bits per heavy atom. The van der Waals surface area contributed by atoms with Crippen LogP contribution in [0.4, 0.5) is 0 Å². The van der Waals surface area contributed by atoms with Gasteiger partial charge in [-0.15, -0.1) is 0 Å². The van der Waals surface area contributed by atoms with Crippen LogP contribution in [0.3, 0.4) is 0 Å². The molecule has 0 radical (unpaired) electrons. The van der Waals surface area contributed by atoms with Gasteiger partial charge in [0.05, 0.1) is 18.2 Å². The Morgan fingerprint density at radius 3 is 1.93 bits per heavy atom. The van der Waals surface area contributed by atoms with E-state index in [1.54, 1.807) is 0 Å². The maximum atomic E-state index is 9.36. The van der Waals surface area contributed by atoms with E-state index in [0.29, 0.717) is 5.56 Å². The molecule has 0 N–H and O–H groups in total. The minimum absolute atomic E-state index is 0.687. The van der Waals surface area contributed by atoms with Gasteiger partial charge in [0.1, 0.15) is 5.75 Å². The number of nitrogens with zero attached hydrogens (tertiary/aromatic N) is 1. The summed E-state index contributed by atoms with van der Waals surface area (Å²) in [6.07, 6.45) is 13.2. The first kappa shape index (κ1) is 21.0. The van der Waals surface area contributed by atoms with E-state index in [1.165, 1.54) is 57.8 Å². The average molecular weight is 364 g/mol. The highest BCUT2D eigenvalue weighted by atomic mass is 16.5. The SMILES string of the molecule is CCCCCCCCCCCCOc1ccccc1-c1ccccc1C#N. The van der Waals surface area contributed by atoms with Gasteiger partial charge in [-0.3, -0.25) is 0 Å². The number of nitriles is 1. The molecule has 2 nitrogen and oxygen atoms in total. The molecule has 0 aliphatic rings. The Hall–Kier alpha value is -2.27. The van der Waals surface area contributed by atoms with E-state index in [2.05, 4.69) is 13.0 Å². The lowest BCUT2D eigenvalue weighted by Gasteiger charge is -2.12. The standard InChI is InChI=1S/C25H33NO/c1-2-3-4-5-6-7-8-9-10-15-20-27-25-19-14-13-18-24(25)23-17-12-11-16-22(23)21-26/h11-14,16-19H,2-10,15,20H2,1H3. The summed E-state index contributed by atoms with van der Waals surface area (Å²) < 4.78 is 6.05. The summed E-state index contributed by atoms with van der Waals surface area (Å²) in [6.45, 7) is 3.00. The lowest BCUT2D eigenvalue weighted by atomic mass is 9.99. The lowest BCUT2D eigenvalue weighted by molar-refractivity contribution is 0.305. The van der Waals surface area contributed by atoms with E-state index < -0.39 is 0 Å². The van der Waals surface area contributed by atoms with Crippen molar-refractivity contribution in [3.05, 3.63) is 54.1 Å². The molecule has 0 bridgehead atoms. The highest BCUT2D eigenvalue weighted by molar-refractivity contribution is 5.75. The highest BCUT2D eigenvalue weighted by Crippen LogP contribution is 2.32. The van der Waals surface area contributed by atoms with Gasteiger partial charge < -0.3 is 4.74 Å². The average Bonchev–Trinajstić information content (AvgIpc) is 2.72. The molecule has 0 aliphatic carbocycles. The predicted octanol–water partition coefficient (Wildman–Crippen LogP) is 7.52. The summed E-state index contributed by atoms with van der Waals surface area (Å²) >= 11 is 0. The molecule has 0 fully saturated rings. The Bertz CT molecular complexity index is 701. The van der Waals surface area contributed by atoms with E-state index in [1.807, 2.05) is 48.5 Å². The third-order valence-corrected chi connectivity index (χ3v) is 4.98. The number of hydrogen-bond donors (Lipinski definition) is 0. The van der Waals surface area contributed by atoms with Crippen LogP contribution in [0.25, 0.3) is 11.1 Å². The summed E-state index contributed by atoms with van der Waals surface area (Å²) in [7, 11) is 0. The van der Waals surface area contributed by atoms with E-state index in [4.69, 9.17) is 4.74 Å². The molecule has 0 saturated heterocycles. The molecular formula is C25H33NO. The highest BCUT2D eigenvalue weighted by Gasteiger charge is 2.09. The van der Waals surface area contributed by atoms with Crippen LogP contribution >= 0.6 is 0 Å². The van der Waals surface area contributed by atoms with Crippen molar-refractivity contribution in [2.75, 3.05) is 6.61 Å². The molecule has 2 rings (SSSR count). The van der Waals surface area contributed by atoms with Crippen molar-refractivity contribution >= 4 is 0 Å². The van der Waals surface area contributed by atoms with Gasteiger partial charge in [-0.25, -0.2) is 0 Å². The van der Waals surface area contributed by atoms with Gasteiger partial charge in [0.25, 0.3) is 0 Å². The first-order valence-electron chi connectivity index (χ1n) is 10.6. The smallest absolute Gasteiger partial charge is 0.127 e. The van der Waals surface area contributed by atoms with E-state index in [0.717, 1.165) is 29.9 Å². The van der Waals surface area contributed by atoms with Crippen molar-refractivity contribution < 1.29 is 4.74 Å². The van der Waals surface area contributed by atoms with Gasteiger partial charge in [-0.1, -0.05) is 101 Å². The zero-order chi connectivity index (χ0) is 19.2. The van der Waals surface area contributed by atoms with E-state index >= 15 is 0 Å². The van der Waals surface area contributed by atoms with Crippen LogP contribution < -0.4 is 4.74 Å². The summed E-state index contributed by atoms with van der Waals surface area (Å²) in [5, 5.41) is 9.36. The summed E-state index contributed by atoms with van der Waals surface area (Å²) in [4.78, 5) is 0. The second kappa shape index (κ2) is 13.0. The molecule has 27 heavy (non-hydrogen) atoms. The number of rotatable bonds is 13. The van der Waals surface area contributed by atoms with Crippen LogP contribution in [0.1, 0.15) is 76.7 Å². The Labute approximate surface area is 165 Å². The normalized spacial score (nSPS) is 10.5. The molecule has 0 spiro atoms. The van der Waals surface area contributed by atoms with Crippen molar-refractivity contribution in [1.82, 2.24) is 0 Å². The number of para-hydroxylation sites is 1. The van der Waals surface area contributed by atoms with Crippen LogP contribution in [0, 0.1) is 11.3 Å². The molecule has 2 aromatic rings. The lowest BCUT2D eigenvalue weighted by Crippen LogP contribution is -1.99. The molecule has 0 aliphatic heterocycles. The van der Waals surface area contributed by atoms with Crippen molar-refractivity contribution in [2.45, 2.75) is 71.1 Å². The first-order chi connectivity index (χ1) is 13.4. The third kappa shape index (κ3) is 7.47. The van der Waals surface area contributed by atoms with Gasteiger partial charge in [0.15, 0.2) is 0 Å². The maximum absolute atomic E-state index is 9.36. The Balaban J connectivity index is 1.71. The van der Waals surface area contributed by atoms with Crippen LogP contribution in [0.15, 0.2) is 48.5 Å². The number of unbranched alkanes of at least 4 members (excludes halogenated alkanes) is 9. The van der Waals surface area contributed by atoms with E-state index in [-0.39, 0.29) is 0 Å². The van der Waals surface area contributed by atoms with E-state index in [9.17, 15) is 5.26 Å². The fourth-order valence-corrected chi connectivity index (χ4v) is 3.40. The van der Waals surface area contributed by atoms with Crippen molar-refractivity contribution in [3.8, 4) is 22.9 Å².